The van der Waals surface area contributed by atoms with E-state index in [1.165, 1.54) is 0 Å². The van der Waals surface area contributed by atoms with Crippen LogP contribution in [0.1, 0.15) is 29.9 Å². The fourth-order valence-electron chi connectivity index (χ4n) is 3.41. The number of nitrogens with one attached hydrogen (secondary N) is 1. The Morgan fingerprint density at radius 2 is 1.94 bits per heavy atom. The first-order chi connectivity index (χ1) is 15.5. The summed E-state index contributed by atoms with van der Waals surface area (Å²) in [5.41, 5.74) is 2.60. The molecule has 1 N–H and O–H groups in total. The van der Waals surface area contributed by atoms with Gasteiger partial charge in [-0.2, -0.15) is 5.10 Å². The smallest absolute Gasteiger partial charge is 0.254 e. The first-order valence-electron chi connectivity index (χ1n) is 10.6. The first-order valence-corrected chi connectivity index (χ1v) is 10.6. The number of rotatable bonds is 10. The van der Waals surface area contributed by atoms with Gasteiger partial charge in [0.1, 0.15) is 11.5 Å². The van der Waals surface area contributed by atoms with Crippen molar-refractivity contribution in [2.75, 3.05) is 40.4 Å². The Morgan fingerprint density at radius 3 is 2.62 bits per heavy atom. The van der Waals surface area contributed by atoms with Gasteiger partial charge in [-0.25, -0.2) is 14.6 Å². The molecule has 1 aromatic carbocycles. The molecule has 0 radical (unpaired) electrons. The normalized spacial score (nSPS) is 10.9. The predicted molar refractivity (Wildman–Crippen MR) is 123 cm³/mol. The fourth-order valence-corrected chi connectivity index (χ4v) is 3.41. The van der Waals surface area contributed by atoms with Gasteiger partial charge in [-0.15, -0.1) is 0 Å². The molecule has 9 nitrogen and oxygen atoms in total. The van der Waals surface area contributed by atoms with E-state index in [-0.39, 0.29) is 5.91 Å². The molecule has 0 unspecified atom stereocenters. The Morgan fingerprint density at radius 1 is 1.16 bits per heavy atom. The van der Waals surface area contributed by atoms with E-state index >= 15 is 0 Å². The van der Waals surface area contributed by atoms with Crippen molar-refractivity contribution in [3.05, 3.63) is 47.9 Å². The molecule has 0 aliphatic heterocycles. The average molecular weight is 439 g/mol. The van der Waals surface area contributed by atoms with Crippen molar-refractivity contribution in [2.24, 2.45) is 0 Å². The molecule has 0 aliphatic rings. The quantitative estimate of drug-likeness (QED) is 0.520. The zero-order chi connectivity index (χ0) is 23.1. The highest BCUT2D eigenvalue weighted by molar-refractivity contribution is 5.95. The number of hydrogen-bond donors (Lipinski definition) is 1. The molecule has 2 aromatic heterocycles. The standard InChI is InChI=1S/C23H30N6O3/c1-6-28(7-2)13-12-24-22(30)19-15-26-29(16(19)3)23-25-11-10-20(27-23)18-14-17(31-4)8-9-21(18)32-5/h8-11,14-15H,6-7,12-13H2,1-5H3,(H,24,30). The minimum absolute atomic E-state index is 0.161. The Labute approximate surface area is 188 Å². The second-order valence-corrected chi connectivity index (χ2v) is 7.15. The largest absolute Gasteiger partial charge is 0.497 e. The third-order valence-corrected chi connectivity index (χ3v) is 5.38. The van der Waals surface area contributed by atoms with Crippen LogP contribution in [0.3, 0.4) is 0 Å². The lowest BCUT2D eigenvalue weighted by Gasteiger charge is -2.17. The van der Waals surface area contributed by atoms with Crippen molar-refractivity contribution in [1.29, 1.82) is 0 Å². The molecule has 0 atom stereocenters. The van der Waals surface area contributed by atoms with Gasteiger partial charge in [-0.3, -0.25) is 4.79 Å². The van der Waals surface area contributed by atoms with Gasteiger partial charge in [0.15, 0.2) is 0 Å². The average Bonchev–Trinajstić information content (AvgIpc) is 3.22. The highest BCUT2D eigenvalue weighted by Gasteiger charge is 2.17. The van der Waals surface area contributed by atoms with Gasteiger partial charge in [0.25, 0.3) is 11.9 Å². The predicted octanol–water partition coefficient (Wildman–Crippen LogP) is 2.73. The number of hydrogen-bond acceptors (Lipinski definition) is 7. The lowest BCUT2D eigenvalue weighted by molar-refractivity contribution is 0.0948. The summed E-state index contributed by atoms with van der Waals surface area (Å²) in [6, 6.07) is 7.30. The van der Waals surface area contributed by atoms with E-state index in [0.717, 1.165) is 25.2 Å². The van der Waals surface area contributed by atoms with Crippen LogP contribution in [0.2, 0.25) is 0 Å². The summed E-state index contributed by atoms with van der Waals surface area (Å²) in [4.78, 5) is 23.9. The number of methoxy groups -OCH3 is 2. The molecule has 3 rings (SSSR count). The second kappa shape index (κ2) is 10.7. The Balaban J connectivity index is 1.84. The summed E-state index contributed by atoms with van der Waals surface area (Å²) in [5.74, 6) is 1.57. The fraction of sp³-hybridized carbons (Fsp3) is 0.391. The van der Waals surface area contributed by atoms with Gasteiger partial charge >= 0.3 is 0 Å². The van der Waals surface area contributed by atoms with Crippen molar-refractivity contribution < 1.29 is 14.3 Å². The van der Waals surface area contributed by atoms with Gasteiger partial charge in [0, 0.05) is 24.8 Å². The SMILES string of the molecule is CCN(CC)CCNC(=O)c1cnn(-c2nccc(-c3cc(OC)ccc3OC)n2)c1C. The van der Waals surface area contributed by atoms with E-state index in [1.54, 1.807) is 37.4 Å². The van der Waals surface area contributed by atoms with Gasteiger partial charge in [-0.1, -0.05) is 13.8 Å². The number of carbonyl (C=O) groups is 1. The van der Waals surface area contributed by atoms with Crippen molar-refractivity contribution in [3.8, 4) is 28.7 Å². The molecule has 0 fully saturated rings. The number of aromatic nitrogens is 4. The van der Waals surface area contributed by atoms with E-state index in [0.29, 0.717) is 40.9 Å². The molecule has 170 valence electrons. The van der Waals surface area contributed by atoms with Gasteiger partial charge in [0.2, 0.25) is 0 Å². The van der Waals surface area contributed by atoms with E-state index in [9.17, 15) is 4.79 Å². The molecular formula is C23H30N6O3. The van der Waals surface area contributed by atoms with Crippen molar-refractivity contribution in [1.82, 2.24) is 30.0 Å². The van der Waals surface area contributed by atoms with Crippen molar-refractivity contribution in [3.63, 3.8) is 0 Å². The maximum absolute atomic E-state index is 12.7. The highest BCUT2D eigenvalue weighted by atomic mass is 16.5. The van der Waals surface area contributed by atoms with Crippen molar-refractivity contribution >= 4 is 5.91 Å². The summed E-state index contributed by atoms with van der Waals surface area (Å²) in [6.45, 7) is 9.33. The number of benzene rings is 1. The summed E-state index contributed by atoms with van der Waals surface area (Å²) in [7, 11) is 3.22. The van der Waals surface area contributed by atoms with E-state index in [2.05, 4.69) is 39.1 Å². The monoisotopic (exact) mass is 438 g/mol. The minimum atomic E-state index is -0.161. The van der Waals surface area contributed by atoms with Crippen LogP contribution in [-0.4, -0.2) is 71.0 Å². The maximum Gasteiger partial charge on any atom is 0.254 e. The van der Waals surface area contributed by atoms with Gasteiger partial charge in [0.05, 0.1) is 37.4 Å². The number of ether oxygens (including phenoxy) is 2. The van der Waals surface area contributed by atoms with E-state index in [4.69, 9.17) is 9.47 Å². The Kier molecular flexibility index (Phi) is 7.77. The van der Waals surface area contributed by atoms with E-state index < -0.39 is 0 Å². The molecular weight excluding hydrogens is 408 g/mol. The summed E-state index contributed by atoms with van der Waals surface area (Å²) in [6.07, 6.45) is 3.20. The molecule has 3 aromatic rings. The van der Waals surface area contributed by atoms with Crippen LogP contribution in [0.25, 0.3) is 17.2 Å². The second-order valence-electron chi connectivity index (χ2n) is 7.15. The van der Waals surface area contributed by atoms with Crippen LogP contribution in [0.5, 0.6) is 11.5 Å². The minimum Gasteiger partial charge on any atom is -0.497 e. The van der Waals surface area contributed by atoms with Crippen LogP contribution in [0, 0.1) is 6.92 Å². The zero-order valence-corrected chi connectivity index (χ0v) is 19.3. The van der Waals surface area contributed by atoms with Gasteiger partial charge in [-0.05, 0) is 44.3 Å². The Bertz CT molecular complexity index is 1060. The van der Waals surface area contributed by atoms with Crippen LogP contribution >= 0.6 is 0 Å². The van der Waals surface area contributed by atoms with Crippen LogP contribution in [0.15, 0.2) is 36.7 Å². The molecule has 0 spiro atoms. The molecule has 2 heterocycles. The third-order valence-electron chi connectivity index (χ3n) is 5.38. The number of carbonyl (C=O) groups excluding carboxylic acids is 1. The lowest BCUT2D eigenvalue weighted by Crippen LogP contribution is -2.34. The summed E-state index contributed by atoms with van der Waals surface area (Å²) < 4.78 is 12.4. The molecule has 0 aliphatic carbocycles. The molecule has 0 saturated heterocycles. The molecule has 32 heavy (non-hydrogen) atoms. The van der Waals surface area contributed by atoms with Crippen LogP contribution in [0.4, 0.5) is 0 Å². The van der Waals surface area contributed by atoms with Gasteiger partial charge < -0.3 is 19.7 Å². The molecule has 0 bridgehead atoms. The summed E-state index contributed by atoms with van der Waals surface area (Å²) in [5, 5.41) is 7.32. The summed E-state index contributed by atoms with van der Waals surface area (Å²) >= 11 is 0. The Hall–Kier alpha value is -3.46. The maximum atomic E-state index is 12.7. The molecule has 1 amide bonds. The first kappa shape index (κ1) is 23.2. The third kappa shape index (κ3) is 5.05. The zero-order valence-electron chi connectivity index (χ0n) is 19.3. The number of likely N-dealkylation sites (N-methyl/N-ethyl adjacent to an activating group) is 1. The van der Waals surface area contributed by atoms with Crippen LogP contribution < -0.4 is 14.8 Å². The number of nitrogens with zero attached hydrogens (tertiary/aromatic N) is 5. The lowest BCUT2D eigenvalue weighted by atomic mass is 10.1. The van der Waals surface area contributed by atoms with Crippen molar-refractivity contribution in [2.45, 2.75) is 20.8 Å². The topological polar surface area (TPSA) is 94.4 Å². The molecule has 0 saturated carbocycles. The highest BCUT2D eigenvalue weighted by Crippen LogP contribution is 2.32. The van der Waals surface area contributed by atoms with E-state index in [1.807, 2.05) is 25.1 Å². The van der Waals surface area contributed by atoms with Crippen LogP contribution in [-0.2, 0) is 0 Å². The molecule has 9 heteroatoms. The number of amides is 1.